The first-order chi connectivity index (χ1) is 10.6. The molecule has 6 heteroatoms. The second kappa shape index (κ2) is 8.29. The van der Waals surface area contributed by atoms with Crippen LogP contribution in [0.2, 0.25) is 0 Å². The maximum atomic E-state index is 12.4. The predicted octanol–water partition coefficient (Wildman–Crippen LogP) is 2.73. The van der Waals surface area contributed by atoms with Gasteiger partial charge in [0.1, 0.15) is 0 Å². The number of nitrogens with zero attached hydrogens (tertiary/aromatic N) is 1. The van der Waals surface area contributed by atoms with Crippen molar-refractivity contribution in [2.24, 2.45) is 5.92 Å². The molecule has 22 heavy (non-hydrogen) atoms. The molecule has 1 aliphatic heterocycles. The number of nitrogens with one attached hydrogen (secondary N) is 1. The first-order valence-corrected chi connectivity index (χ1v) is 7.59. The summed E-state index contributed by atoms with van der Waals surface area (Å²) in [7, 11) is 3.49. The summed E-state index contributed by atoms with van der Waals surface area (Å²) in [5.74, 6) is 1.06. The summed E-state index contributed by atoms with van der Waals surface area (Å²) >= 11 is 0. The number of methoxy groups -OCH3 is 1. The monoisotopic (exact) mass is 314 g/mol. The summed E-state index contributed by atoms with van der Waals surface area (Å²) in [6.45, 7) is 0.986. The molecule has 1 aliphatic rings. The molecule has 1 heterocycles. The molecule has 1 atom stereocenters. The minimum absolute atomic E-state index is 0.0859. The lowest BCUT2D eigenvalue weighted by Gasteiger charge is -2.27. The Hall–Kier alpha value is -1.40. The van der Waals surface area contributed by atoms with E-state index in [1.54, 1.807) is 12.1 Å². The zero-order valence-electron chi connectivity index (χ0n) is 13.1. The zero-order chi connectivity index (χ0) is 15.9. The van der Waals surface area contributed by atoms with Gasteiger partial charge in [-0.1, -0.05) is 6.07 Å². The minimum Gasteiger partial charge on any atom is -0.493 e. The van der Waals surface area contributed by atoms with Crippen molar-refractivity contribution in [2.45, 2.75) is 26.0 Å². The molecule has 0 bridgehead atoms. The molecule has 0 saturated carbocycles. The van der Waals surface area contributed by atoms with Gasteiger partial charge in [-0.2, -0.15) is 8.78 Å². The molecule has 0 radical (unpaired) electrons. The van der Waals surface area contributed by atoms with Gasteiger partial charge in [-0.25, -0.2) is 0 Å². The average molecular weight is 314 g/mol. The van der Waals surface area contributed by atoms with Crippen LogP contribution in [0.1, 0.15) is 18.4 Å². The van der Waals surface area contributed by atoms with E-state index in [0.29, 0.717) is 18.2 Å². The van der Waals surface area contributed by atoms with Crippen LogP contribution < -0.4 is 14.8 Å². The molecule has 0 aromatic heterocycles. The molecule has 2 rings (SSSR count). The Labute approximate surface area is 130 Å². The zero-order valence-corrected chi connectivity index (χ0v) is 13.1. The van der Waals surface area contributed by atoms with Gasteiger partial charge in [0, 0.05) is 13.1 Å². The van der Waals surface area contributed by atoms with Gasteiger partial charge in [-0.05, 0) is 56.6 Å². The van der Waals surface area contributed by atoms with Gasteiger partial charge in [0.25, 0.3) is 0 Å². The van der Waals surface area contributed by atoms with Crippen molar-refractivity contribution in [3.63, 3.8) is 0 Å². The average Bonchev–Trinajstić information content (AvgIpc) is 2.48. The fourth-order valence-electron chi connectivity index (χ4n) is 2.90. The predicted molar refractivity (Wildman–Crippen MR) is 81.6 cm³/mol. The van der Waals surface area contributed by atoms with Crippen molar-refractivity contribution in [1.82, 2.24) is 10.2 Å². The summed E-state index contributed by atoms with van der Waals surface area (Å²) in [5.41, 5.74) is 0.933. The second-order valence-corrected chi connectivity index (χ2v) is 5.77. The molecular formula is C16H24F2N2O2. The molecule has 1 aromatic rings. The summed E-state index contributed by atoms with van der Waals surface area (Å²) < 4.78 is 34.5. The number of ether oxygens (including phenoxy) is 2. The number of piperidine rings is 1. The highest BCUT2D eigenvalue weighted by atomic mass is 19.3. The van der Waals surface area contributed by atoms with Gasteiger partial charge >= 0.3 is 6.61 Å². The van der Waals surface area contributed by atoms with E-state index in [1.807, 2.05) is 13.1 Å². The fourth-order valence-corrected chi connectivity index (χ4v) is 2.90. The van der Waals surface area contributed by atoms with Crippen LogP contribution in [0.25, 0.3) is 0 Å². The number of halogens is 2. The lowest BCUT2D eigenvalue weighted by atomic mass is 9.99. The number of hydrogen-bond acceptors (Lipinski definition) is 4. The van der Waals surface area contributed by atoms with Crippen LogP contribution in [0.3, 0.4) is 0 Å². The van der Waals surface area contributed by atoms with Crippen molar-refractivity contribution in [3.05, 3.63) is 23.8 Å². The molecule has 1 saturated heterocycles. The summed E-state index contributed by atoms with van der Waals surface area (Å²) in [6.07, 6.45) is 2.45. The Morgan fingerprint density at radius 1 is 1.36 bits per heavy atom. The molecular weight excluding hydrogens is 290 g/mol. The molecule has 4 nitrogen and oxygen atoms in total. The van der Waals surface area contributed by atoms with E-state index in [-0.39, 0.29) is 5.75 Å². The second-order valence-electron chi connectivity index (χ2n) is 5.77. The van der Waals surface area contributed by atoms with E-state index in [0.717, 1.165) is 25.2 Å². The Balaban J connectivity index is 1.95. The lowest BCUT2D eigenvalue weighted by molar-refractivity contribution is -0.0512. The van der Waals surface area contributed by atoms with E-state index in [9.17, 15) is 8.78 Å². The van der Waals surface area contributed by atoms with Gasteiger partial charge < -0.3 is 19.7 Å². The smallest absolute Gasteiger partial charge is 0.387 e. The molecule has 1 aromatic carbocycles. The highest BCUT2D eigenvalue weighted by Gasteiger charge is 2.16. The minimum atomic E-state index is -2.85. The normalized spacial score (nSPS) is 18.7. The molecule has 0 spiro atoms. The summed E-state index contributed by atoms with van der Waals surface area (Å²) in [4.78, 5) is 2.21. The van der Waals surface area contributed by atoms with Crippen molar-refractivity contribution >= 4 is 0 Å². The highest BCUT2D eigenvalue weighted by Crippen LogP contribution is 2.30. The van der Waals surface area contributed by atoms with Crippen LogP contribution in [-0.4, -0.2) is 45.3 Å². The first-order valence-electron chi connectivity index (χ1n) is 7.59. The van der Waals surface area contributed by atoms with E-state index in [1.165, 1.54) is 20.0 Å². The van der Waals surface area contributed by atoms with Gasteiger partial charge in [-0.15, -0.1) is 0 Å². The van der Waals surface area contributed by atoms with Gasteiger partial charge in [-0.3, -0.25) is 0 Å². The Morgan fingerprint density at radius 2 is 2.18 bits per heavy atom. The highest BCUT2D eigenvalue weighted by molar-refractivity contribution is 5.43. The third-order valence-electron chi connectivity index (χ3n) is 3.87. The first kappa shape index (κ1) is 17.0. The molecule has 1 unspecified atom stereocenters. The van der Waals surface area contributed by atoms with E-state index >= 15 is 0 Å². The number of rotatable bonds is 7. The quantitative estimate of drug-likeness (QED) is 0.839. The molecule has 1 N–H and O–H groups in total. The topological polar surface area (TPSA) is 33.7 Å². The summed E-state index contributed by atoms with van der Waals surface area (Å²) in [5, 5.41) is 3.40. The van der Waals surface area contributed by atoms with Crippen molar-refractivity contribution in [3.8, 4) is 11.5 Å². The van der Waals surface area contributed by atoms with Crippen LogP contribution in [0, 0.1) is 5.92 Å². The number of alkyl halides is 2. The molecule has 0 amide bonds. The van der Waals surface area contributed by atoms with Gasteiger partial charge in [0.05, 0.1) is 7.11 Å². The molecule has 124 valence electrons. The van der Waals surface area contributed by atoms with E-state index < -0.39 is 6.61 Å². The fraction of sp³-hybridized carbons (Fsp3) is 0.625. The van der Waals surface area contributed by atoms with Crippen LogP contribution in [0.4, 0.5) is 8.78 Å². The third-order valence-corrected chi connectivity index (χ3v) is 3.87. The van der Waals surface area contributed by atoms with Crippen LogP contribution in [0.15, 0.2) is 18.2 Å². The van der Waals surface area contributed by atoms with E-state index in [4.69, 9.17) is 4.74 Å². The maximum Gasteiger partial charge on any atom is 0.387 e. The molecule has 0 aliphatic carbocycles. The number of benzene rings is 1. The SMILES string of the molecule is COc1ccc(CN(C)CC2CCCNC2)cc1OC(F)F. The third kappa shape index (κ3) is 5.10. The standard InChI is InChI=1S/C16H24F2N2O2/c1-20(11-13-4-3-7-19-9-13)10-12-5-6-14(21-2)15(8-12)22-16(17)18/h5-6,8,13,16,19H,3-4,7,9-11H2,1-2H3. The van der Waals surface area contributed by atoms with Gasteiger partial charge in [0.2, 0.25) is 0 Å². The van der Waals surface area contributed by atoms with Crippen molar-refractivity contribution in [1.29, 1.82) is 0 Å². The Morgan fingerprint density at radius 3 is 2.82 bits per heavy atom. The lowest BCUT2D eigenvalue weighted by Crippen LogP contribution is -2.36. The Kier molecular flexibility index (Phi) is 6.39. The van der Waals surface area contributed by atoms with Gasteiger partial charge in [0.15, 0.2) is 11.5 Å². The van der Waals surface area contributed by atoms with Crippen LogP contribution in [-0.2, 0) is 6.54 Å². The maximum absolute atomic E-state index is 12.4. The van der Waals surface area contributed by atoms with Crippen LogP contribution in [0.5, 0.6) is 11.5 Å². The van der Waals surface area contributed by atoms with Crippen LogP contribution >= 0.6 is 0 Å². The van der Waals surface area contributed by atoms with Crippen molar-refractivity contribution in [2.75, 3.05) is 33.8 Å². The summed E-state index contributed by atoms with van der Waals surface area (Å²) in [6, 6.07) is 5.18. The number of hydrogen-bond donors (Lipinski definition) is 1. The Bertz CT molecular complexity index is 465. The van der Waals surface area contributed by atoms with E-state index in [2.05, 4.69) is 15.0 Å². The molecule has 1 fully saturated rings. The van der Waals surface area contributed by atoms with Crippen molar-refractivity contribution < 1.29 is 18.3 Å². The largest absolute Gasteiger partial charge is 0.493 e.